The van der Waals surface area contributed by atoms with Crippen LogP contribution in [0.15, 0.2) is 34.9 Å². The van der Waals surface area contributed by atoms with Crippen LogP contribution in [0.3, 0.4) is 0 Å². The van der Waals surface area contributed by atoms with Gasteiger partial charge in [-0.15, -0.1) is 11.6 Å². The summed E-state index contributed by atoms with van der Waals surface area (Å²) in [6.07, 6.45) is 1.47. The summed E-state index contributed by atoms with van der Waals surface area (Å²) < 4.78 is 10.5. The molecule has 2 aromatic rings. The molecule has 0 atom stereocenters. The Kier molecular flexibility index (Phi) is 4.61. The van der Waals surface area contributed by atoms with Crippen molar-refractivity contribution < 1.29 is 13.9 Å². The number of furan rings is 1. The summed E-state index contributed by atoms with van der Waals surface area (Å²) in [4.78, 5) is 11.9. The fourth-order valence-corrected chi connectivity index (χ4v) is 1.75. The molecule has 1 heterocycles. The largest absolute Gasteiger partial charge is 0.463 e. The van der Waals surface area contributed by atoms with Gasteiger partial charge >= 0.3 is 0 Å². The van der Waals surface area contributed by atoms with Crippen LogP contribution in [0, 0.1) is 0 Å². The number of halogens is 1. The van der Waals surface area contributed by atoms with E-state index in [2.05, 4.69) is 5.32 Å². The molecule has 5 heteroatoms. The minimum atomic E-state index is -0.158. The van der Waals surface area contributed by atoms with Crippen molar-refractivity contribution in [2.45, 2.75) is 0 Å². The molecule has 0 fully saturated rings. The summed E-state index contributed by atoms with van der Waals surface area (Å²) in [5.74, 6) is 0.301. The van der Waals surface area contributed by atoms with Crippen LogP contribution in [0.1, 0.15) is 10.4 Å². The summed E-state index contributed by atoms with van der Waals surface area (Å²) in [5.41, 5.74) is 1.25. The highest BCUT2D eigenvalue weighted by Gasteiger charge is 2.12. The predicted octanol–water partition coefficient (Wildman–Crippen LogP) is 2.42. The molecule has 18 heavy (non-hydrogen) atoms. The predicted molar refractivity (Wildman–Crippen MR) is 70.1 cm³/mol. The fourth-order valence-electron chi connectivity index (χ4n) is 1.64. The lowest BCUT2D eigenvalue weighted by molar-refractivity contribution is 0.0924. The molecule has 0 saturated heterocycles. The van der Waals surface area contributed by atoms with Gasteiger partial charge in [-0.25, -0.2) is 0 Å². The van der Waals surface area contributed by atoms with Crippen molar-refractivity contribution in [3.05, 3.63) is 36.1 Å². The monoisotopic (exact) mass is 267 g/mol. The van der Waals surface area contributed by atoms with Crippen LogP contribution in [0.5, 0.6) is 0 Å². The number of hydrogen-bond donors (Lipinski definition) is 1. The van der Waals surface area contributed by atoms with Crippen molar-refractivity contribution in [3.63, 3.8) is 0 Å². The van der Waals surface area contributed by atoms with Crippen LogP contribution in [0.4, 0.5) is 0 Å². The van der Waals surface area contributed by atoms with Gasteiger partial charge in [0.05, 0.1) is 18.8 Å². The molecule has 1 N–H and O–H groups in total. The van der Waals surface area contributed by atoms with Gasteiger partial charge in [-0.1, -0.05) is 18.2 Å². The number of fused-ring (bicyclic) bond motifs is 1. The van der Waals surface area contributed by atoms with Gasteiger partial charge in [0.25, 0.3) is 5.91 Å². The highest BCUT2D eigenvalue weighted by atomic mass is 35.5. The summed E-state index contributed by atoms with van der Waals surface area (Å²) in [7, 11) is 0. The molecule has 0 unspecified atom stereocenters. The normalized spacial score (nSPS) is 10.7. The highest BCUT2D eigenvalue weighted by Crippen LogP contribution is 2.20. The third kappa shape index (κ3) is 3.03. The number of carbonyl (C=O) groups excluding carboxylic acids is 1. The van der Waals surface area contributed by atoms with Crippen LogP contribution < -0.4 is 5.32 Å². The van der Waals surface area contributed by atoms with Gasteiger partial charge in [0.2, 0.25) is 0 Å². The third-order valence-electron chi connectivity index (χ3n) is 2.48. The lowest BCUT2D eigenvalue weighted by Gasteiger charge is -2.04. The van der Waals surface area contributed by atoms with Gasteiger partial charge in [0.1, 0.15) is 11.8 Å². The molecule has 0 aliphatic rings. The quantitative estimate of drug-likeness (QED) is 0.646. The lowest BCUT2D eigenvalue weighted by Crippen LogP contribution is -2.27. The van der Waals surface area contributed by atoms with Crippen molar-refractivity contribution in [3.8, 4) is 0 Å². The third-order valence-corrected chi connectivity index (χ3v) is 2.63. The Morgan fingerprint density at radius 3 is 3.00 bits per heavy atom. The van der Waals surface area contributed by atoms with E-state index in [0.717, 1.165) is 5.39 Å². The van der Waals surface area contributed by atoms with E-state index >= 15 is 0 Å². The number of rotatable bonds is 6. The summed E-state index contributed by atoms with van der Waals surface area (Å²) in [6.45, 7) is 1.40. The second kappa shape index (κ2) is 6.42. The smallest absolute Gasteiger partial charge is 0.255 e. The van der Waals surface area contributed by atoms with Gasteiger partial charge in [0, 0.05) is 17.8 Å². The van der Waals surface area contributed by atoms with Gasteiger partial charge in [-0.05, 0) is 6.07 Å². The molecule has 0 aliphatic heterocycles. The molecule has 96 valence electrons. The average molecular weight is 268 g/mol. The number of nitrogens with one attached hydrogen (secondary N) is 1. The zero-order chi connectivity index (χ0) is 12.8. The molecular formula is C13H14ClNO3. The first-order valence-corrected chi connectivity index (χ1v) is 6.24. The second-order valence-electron chi connectivity index (χ2n) is 3.70. The maximum Gasteiger partial charge on any atom is 0.255 e. The molecule has 0 saturated carbocycles. The van der Waals surface area contributed by atoms with E-state index in [1.54, 1.807) is 0 Å². The number of benzene rings is 1. The molecule has 4 nitrogen and oxygen atoms in total. The number of ether oxygens (including phenoxy) is 1. The zero-order valence-corrected chi connectivity index (χ0v) is 10.6. The Morgan fingerprint density at radius 1 is 1.33 bits per heavy atom. The SMILES string of the molecule is O=C(NCCOCCCl)c1coc2ccccc12. The minimum Gasteiger partial charge on any atom is -0.463 e. The molecule has 0 aliphatic carbocycles. The molecule has 0 spiro atoms. The van der Waals surface area contributed by atoms with Crippen LogP contribution in [0.2, 0.25) is 0 Å². The zero-order valence-electron chi connectivity index (χ0n) is 9.82. The number of hydrogen-bond acceptors (Lipinski definition) is 3. The van der Waals surface area contributed by atoms with E-state index in [9.17, 15) is 4.79 Å². The van der Waals surface area contributed by atoms with E-state index in [1.807, 2.05) is 24.3 Å². The number of amides is 1. The second-order valence-corrected chi connectivity index (χ2v) is 4.08. The Bertz CT molecular complexity index is 524. The standard InChI is InChI=1S/C13H14ClNO3/c14-5-7-17-8-6-15-13(16)11-9-18-12-4-2-1-3-10(11)12/h1-4,9H,5-8H2,(H,15,16). The topological polar surface area (TPSA) is 51.5 Å². The van der Waals surface area contributed by atoms with Gasteiger partial charge < -0.3 is 14.5 Å². The van der Waals surface area contributed by atoms with Crippen LogP contribution in [-0.2, 0) is 4.74 Å². The molecule has 0 radical (unpaired) electrons. The van der Waals surface area contributed by atoms with Gasteiger partial charge in [-0.3, -0.25) is 4.79 Å². The van der Waals surface area contributed by atoms with E-state index in [1.165, 1.54) is 6.26 Å². The average Bonchev–Trinajstić information content (AvgIpc) is 2.82. The number of para-hydroxylation sites is 1. The number of alkyl halides is 1. The highest BCUT2D eigenvalue weighted by molar-refractivity contribution is 6.17. The van der Waals surface area contributed by atoms with Crippen molar-refractivity contribution >= 4 is 28.5 Å². The molecule has 1 aromatic heterocycles. The van der Waals surface area contributed by atoms with Gasteiger partial charge in [0.15, 0.2) is 0 Å². The van der Waals surface area contributed by atoms with Crippen LogP contribution in [-0.4, -0.2) is 31.5 Å². The Labute approximate surface area is 110 Å². The first-order chi connectivity index (χ1) is 8.83. The maximum absolute atomic E-state index is 11.9. The Hall–Kier alpha value is -1.52. The number of carbonyl (C=O) groups is 1. The fraction of sp³-hybridized carbons (Fsp3) is 0.308. The molecule has 2 rings (SSSR count). The van der Waals surface area contributed by atoms with E-state index in [-0.39, 0.29) is 5.91 Å². The lowest BCUT2D eigenvalue weighted by atomic mass is 10.1. The Balaban J connectivity index is 1.93. The van der Waals surface area contributed by atoms with Crippen LogP contribution >= 0.6 is 11.6 Å². The van der Waals surface area contributed by atoms with E-state index in [4.69, 9.17) is 20.8 Å². The maximum atomic E-state index is 11.9. The summed E-state index contributed by atoms with van der Waals surface area (Å²) >= 11 is 5.46. The summed E-state index contributed by atoms with van der Waals surface area (Å²) in [5, 5.41) is 3.59. The van der Waals surface area contributed by atoms with Crippen molar-refractivity contribution in [1.82, 2.24) is 5.32 Å². The minimum absolute atomic E-state index is 0.158. The van der Waals surface area contributed by atoms with E-state index in [0.29, 0.717) is 36.8 Å². The van der Waals surface area contributed by atoms with Crippen molar-refractivity contribution in [2.75, 3.05) is 25.6 Å². The Morgan fingerprint density at radius 2 is 2.17 bits per heavy atom. The molecule has 1 amide bonds. The van der Waals surface area contributed by atoms with Crippen molar-refractivity contribution in [2.24, 2.45) is 0 Å². The first kappa shape index (κ1) is 12.9. The van der Waals surface area contributed by atoms with Crippen molar-refractivity contribution in [1.29, 1.82) is 0 Å². The van der Waals surface area contributed by atoms with Gasteiger partial charge in [-0.2, -0.15) is 0 Å². The summed E-state index contributed by atoms with van der Waals surface area (Å²) in [6, 6.07) is 7.43. The molecule has 1 aromatic carbocycles. The van der Waals surface area contributed by atoms with Crippen LogP contribution in [0.25, 0.3) is 11.0 Å². The molecular weight excluding hydrogens is 254 g/mol. The molecule has 0 bridgehead atoms. The van der Waals surface area contributed by atoms with E-state index < -0.39 is 0 Å². The first-order valence-electron chi connectivity index (χ1n) is 5.71.